The largest absolute Gasteiger partial charge is 0.494 e. The molecule has 0 bridgehead atoms. The summed E-state index contributed by atoms with van der Waals surface area (Å²) in [7, 11) is 2.09. The van der Waals surface area contributed by atoms with Crippen LogP contribution in [-0.2, 0) is 32.1 Å². The standard InChI is InChI=1S/C54H64F3N7O8/c1-39-53(40(2)72-61-39)42-17-18-52(66)63(37-42)36-41-9-4-12-46(33-41)70-25-8-16-51(65)59-22-26-67-27-28-68-29-30-69-31-32-71-47-13-5-10-44(34-47)58-21-7-11-45-35-48-49(60-43-19-23-62(3)24-20-43)14-6-15-50(48)64(45)38-54(55,56)57/h4-6,9-10,12-15,17-18,33-35,37,43,58,60H,8,16,19-32,36,38H2,1-3H3,(H,59,65). The van der Waals surface area contributed by atoms with Crippen LogP contribution in [0.1, 0.15) is 48.4 Å². The van der Waals surface area contributed by atoms with Gasteiger partial charge in [-0.15, -0.1) is 0 Å². The van der Waals surface area contributed by atoms with Crippen molar-refractivity contribution in [2.75, 3.05) is 96.7 Å². The minimum Gasteiger partial charge on any atom is -0.494 e. The lowest BCUT2D eigenvalue weighted by molar-refractivity contribution is -0.140. The first-order valence-corrected chi connectivity index (χ1v) is 24.3. The fraction of sp³-hybridized carbons (Fsp3) is 0.426. The summed E-state index contributed by atoms with van der Waals surface area (Å²) < 4.78 is 77.9. The molecule has 4 heterocycles. The second-order valence-corrected chi connectivity index (χ2v) is 17.6. The van der Waals surface area contributed by atoms with Crippen molar-refractivity contribution < 1.29 is 46.2 Å². The predicted octanol–water partition coefficient (Wildman–Crippen LogP) is 8.06. The van der Waals surface area contributed by atoms with Gasteiger partial charge in [0.1, 0.15) is 30.4 Å². The number of aromatic nitrogens is 3. The van der Waals surface area contributed by atoms with Crippen LogP contribution in [0, 0.1) is 25.7 Å². The smallest absolute Gasteiger partial charge is 0.406 e. The van der Waals surface area contributed by atoms with Crippen LogP contribution in [-0.4, -0.2) is 123 Å². The Balaban J connectivity index is 0.704. The van der Waals surface area contributed by atoms with Crippen LogP contribution >= 0.6 is 0 Å². The normalized spacial score (nSPS) is 13.2. The van der Waals surface area contributed by atoms with Crippen molar-refractivity contribution in [1.29, 1.82) is 0 Å². The summed E-state index contributed by atoms with van der Waals surface area (Å²) in [6.07, 6.45) is 0.188. The highest BCUT2D eigenvalue weighted by molar-refractivity contribution is 5.94. The molecule has 0 spiro atoms. The third kappa shape index (κ3) is 16.4. The zero-order chi connectivity index (χ0) is 50.7. The predicted molar refractivity (Wildman–Crippen MR) is 271 cm³/mol. The molecule has 0 radical (unpaired) electrons. The molecule has 3 N–H and O–H groups in total. The maximum absolute atomic E-state index is 13.7. The molecular formula is C54H64F3N7O8. The van der Waals surface area contributed by atoms with Crippen molar-refractivity contribution in [1.82, 2.24) is 24.5 Å². The second-order valence-electron chi connectivity index (χ2n) is 17.6. The summed E-state index contributed by atoms with van der Waals surface area (Å²) >= 11 is 0. The molecule has 1 aliphatic rings. The van der Waals surface area contributed by atoms with Gasteiger partial charge in [0.2, 0.25) is 5.91 Å². The average molecular weight is 996 g/mol. The van der Waals surface area contributed by atoms with Gasteiger partial charge in [0.15, 0.2) is 0 Å². The third-order valence-electron chi connectivity index (χ3n) is 12.0. The lowest BCUT2D eigenvalue weighted by Gasteiger charge is -2.30. The number of nitrogens with one attached hydrogen (secondary N) is 3. The van der Waals surface area contributed by atoms with E-state index < -0.39 is 12.7 Å². The van der Waals surface area contributed by atoms with E-state index in [1.165, 1.54) is 4.57 Å². The number of carbonyl (C=O) groups excluding carboxylic acids is 1. The number of rotatable bonds is 26. The molecule has 15 nitrogen and oxygen atoms in total. The van der Waals surface area contributed by atoms with E-state index in [-0.39, 0.29) is 24.1 Å². The number of fused-ring (bicyclic) bond motifs is 1. The van der Waals surface area contributed by atoms with E-state index in [1.54, 1.807) is 34.9 Å². The van der Waals surface area contributed by atoms with E-state index in [1.807, 2.05) is 74.6 Å². The molecule has 72 heavy (non-hydrogen) atoms. The number of carbonyl (C=O) groups is 1. The van der Waals surface area contributed by atoms with Gasteiger partial charge >= 0.3 is 6.18 Å². The van der Waals surface area contributed by atoms with Crippen molar-refractivity contribution in [2.24, 2.45) is 0 Å². The van der Waals surface area contributed by atoms with Gasteiger partial charge in [-0.1, -0.05) is 35.3 Å². The third-order valence-corrected chi connectivity index (χ3v) is 12.0. The van der Waals surface area contributed by atoms with Crippen LogP contribution in [0.3, 0.4) is 0 Å². The Labute approximate surface area is 417 Å². The number of piperidine rings is 1. The van der Waals surface area contributed by atoms with E-state index in [4.69, 9.17) is 28.2 Å². The maximum Gasteiger partial charge on any atom is 0.406 e. The number of likely N-dealkylation sites (tertiary alicyclic amines) is 1. The van der Waals surface area contributed by atoms with Gasteiger partial charge in [-0.2, -0.15) is 13.2 Å². The monoisotopic (exact) mass is 995 g/mol. The van der Waals surface area contributed by atoms with Gasteiger partial charge in [0.05, 0.1) is 76.2 Å². The number of benzene rings is 3. The number of anilines is 2. The summed E-state index contributed by atoms with van der Waals surface area (Å²) in [6, 6.07) is 25.7. The topological polar surface area (TPSA) is 156 Å². The number of aryl methyl sites for hydroxylation is 2. The summed E-state index contributed by atoms with van der Waals surface area (Å²) in [5.74, 6) is 7.88. The molecule has 1 amide bonds. The molecule has 0 atom stereocenters. The zero-order valence-electron chi connectivity index (χ0n) is 41.2. The Morgan fingerprint density at radius 1 is 0.847 bits per heavy atom. The molecule has 0 unspecified atom stereocenters. The van der Waals surface area contributed by atoms with E-state index in [2.05, 4.69) is 44.9 Å². The highest BCUT2D eigenvalue weighted by atomic mass is 19.4. The molecule has 1 aliphatic heterocycles. The summed E-state index contributed by atoms with van der Waals surface area (Å²) in [4.78, 5) is 27.2. The Hall–Kier alpha value is -6.78. The Morgan fingerprint density at radius 3 is 2.31 bits per heavy atom. The lowest BCUT2D eigenvalue weighted by Crippen LogP contribution is -2.36. The lowest BCUT2D eigenvalue weighted by atomic mass is 10.0. The second kappa shape index (κ2) is 26.6. The van der Waals surface area contributed by atoms with Gasteiger partial charge in [-0.3, -0.25) is 9.59 Å². The van der Waals surface area contributed by atoms with Gasteiger partial charge in [-0.25, -0.2) is 0 Å². The first-order valence-electron chi connectivity index (χ1n) is 24.3. The molecule has 18 heteroatoms. The van der Waals surface area contributed by atoms with Crippen molar-refractivity contribution in [3.63, 3.8) is 0 Å². The van der Waals surface area contributed by atoms with Crippen LogP contribution in [0.4, 0.5) is 24.5 Å². The van der Waals surface area contributed by atoms with Crippen molar-refractivity contribution in [2.45, 2.75) is 64.8 Å². The van der Waals surface area contributed by atoms with E-state index in [0.29, 0.717) is 107 Å². The van der Waals surface area contributed by atoms with Crippen LogP contribution in [0.2, 0.25) is 0 Å². The van der Waals surface area contributed by atoms with Gasteiger partial charge < -0.3 is 58.2 Å². The quantitative estimate of drug-likeness (QED) is 0.0356. The first-order chi connectivity index (χ1) is 34.9. The molecule has 7 rings (SSSR count). The number of hydrogen-bond donors (Lipinski definition) is 3. The van der Waals surface area contributed by atoms with Crippen LogP contribution in [0.5, 0.6) is 11.5 Å². The number of amides is 1. The molecular weight excluding hydrogens is 932 g/mol. The van der Waals surface area contributed by atoms with E-state index in [0.717, 1.165) is 65.1 Å². The van der Waals surface area contributed by atoms with Gasteiger partial charge in [0.25, 0.3) is 5.56 Å². The van der Waals surface area contributed by atoms with Crippen LogP contribution < -0.4 is 31.0 Å². The number of ether oxygens (including phenoxy) is 5. The van der Waals surface area contributed by atoms with Crippen molar-refractivity contribution in [3.8, 4) is 34.5 Å². The zero-order valence-corrected chi connectivity index (χ0v) is 41.2. The number of hydrogen-bond acceptors (Lipinski definition) is 12. The van der Waals surface area contributed by atoms with Crippen LogP contribution in [0.25, 0.3) is 22.0 Å². The minimum absolute atomic E-state index is 0.0882. The van der Waals surface area contributed by atoms with Crippen LogP contribution in [0.15, 0.2) is 100 Å². The maximum atomic E-state index is 13.7. The molecule has 3 aromatic heterocycles. The number of halogens is 3. The van der Waals surface area contributed by atoms with E-state index in [9.17, 15) is 22.8 Å². The van der Waals surface area contributed by atoms with E-state index >= 15 is 0 Å². The number of alkyl halides is 3. The highest BCUT2D eigenvalue weighted by Gasteiger charge is 2.30. The summed E-state index contributed by atoms with van der Waals surface area (Å²) in [6.45, 7) is 8.43. The minimum atomic E-state index is -4.40. The van der Waals surface area contributed by atoms with Crippen molar-refractivity contribution in [3.05, 3.63) is 124 Å². The Morgan fingerprint density at radius 2 is 1.56 bits per heavy atom. The molecule has 3 aromatic carbocycles. The number of nitrogens with zero attached hydrogens (tertiary/aromatic N) is 4. The molecule has 0 aliphatic carbocycles. The summed E-state index contributed by atoms with van der Waals surface area (Å²) in [5.41, 5.74) is 5.66. The highest BCUT2D eigenvalue weighted by Crippen LogP contribution is 2.32. The first kappa shape index (κ1) is 53.0. The Kier molecular flexibility index (Phi) is 19.6. The average Bonchev–Trinajstić information content (AvgIpc) is 3.89. The molecule has 1 saturated heterocycles. The SMILES string of the molecule is Cc1noc(C)c1-c1ccc(=O)n(Cc2cccc(OCCCC(=O)NCCOCCOCCOCCOc3cccc(NCC#Cc4cc5c(NC6CCN(C)CC6)cccc5n4CC(F)(F)F)c3)c2)c1. The molecule has 0 saturated carbocycles. The number of pyridine rings is 1. The van der Waals surface area contributed by atoms with Gasteiger partial charge in [0, 0.05) is 65.2 Å². The van der Waals surface area contributed by atoms with Crippen molar-refractivity contribution >= 4 is 28.2 Å². The Bertz CT molecular complexity index is 2790. The fourth-order valence-corrected chi connectivity index (χ4v) is 8.38. The molecule has 1 fully saturated rings. The summed E-state index contributed by atoms with van der Waals surface area (Å²) in [5, 5.41) is 14.4. The fourth-order valence-electron chi connectivity index (χ4n) is 8.38. The molecule has 384 valence electrons. The molecule has 6 aromatic rings. The van der Waals surface area contributed by atoms with Gasteiger partial charge in [-0.05, 0) is 113 Å².